The van der Waals surface area contributed by atoms with Crippen LogP contribution in [-0.4, -0.2) is 15.3 Å². The van der Waals surface area contributed by atoms with Crippen molar-refractivity contribution in [3.05, 3.63) is 57.5 Å². The minimum atomic E-state index is -0.177. The van der Waals surface area contributed by atoms with Crippen molar-refractivity contribution >= 4 is 11.8 Å². The summed E-state index contributed by atoms with van der Waals surface area (Å²) in [6, 6.07) is 9.85. The molecule has 4 nitrogen and oxygen atoms in total. The molecule has 1 aliphatic heterocycles. The maximum atomic E-state index is 12.8. The minimum Gasteiger partial charge on any atom is -0.323 e. The maximum absolute atomic E-state index is 12.8. The molecule has 2 N–H and O–H groups in total. The highest BCUT2D eigenvalue weighted by atomic mass is 32.2. The highest BCUT2D eigenvalue weighted by Gasteiger charge is 2.23. The van der Waals surface area contributed by atoms with Crippen LogP contribution in [0.4, 0.5) is 0 Å². The van der Waals surface area contributed by atoms with Gasteiger partial charge in [0.25, 0.3) is 5.56 Å². The van der Waals surface area contributed by atoms with Gasteiger partial charge in [-0.2, -0.15) is 0 Å². The van der Waals surface area contributed by atoms with Gasteiger partial charge < -0.3 is 5.73 Å². The molecule has 3 rings (SSSR count). The van der Waals surface area contributed by atoms with E-state index in [4.69, 9.17) is 5.73 Å². The van der Waals surface area contributed by atoms with Gasteiger partial charge in [0, 0.05) is 30.3 Å². The van der Waals surface area contributed by atoms with E-state index < -0.39 is 0 Å². The Morgan fingerprint density at radius 2 is 2.14 bits per heavy atom. The van der Waals surface area contributed by atoms with Crippen LogP contribution >= 0.6 is 11.8 Å². The molecular formula is C16H19N3OS. The van der Waals surface area contributed by atoms with Gasteiger partial charge in [-0.05, 0) is 12.0 Å². The van der Waals surface area contributed by atoms with Crippen molar-refractivity contribution in [1.29, 1.82) is 0 Å². The number of nitrogens with two attached hydrogens (primary N) is 1. The molecule has 0 amide bonds. The quantitative estimate of drug-likeness (QED) is 0.881. The summed E-state index contributed by atoms with van der Waals surface area (Å²) in [5.41, 5.74) is 8.91. The standard InChI is InChI=1S/C16H19N3OS/c1-2-13(17)14-12(10-11-6-4-3-5-7-11)15(20)19-8-9-21-16(19)18-14/h3-7,13H,2,8-10,17H2,1H3. The van der Waals surface area contributed by atoms with Crippen LogP contribution in [0.15, 0.2) is 40.3 Å². The van der Waals surface area contributed by atoms with Gasteiger partial charge >= 0.3 is 0 Å². The largest absolute Gasteiger partial charge is 0.323 e. The van der Waals surface area contributed by atoms with Crippen molar-refractivity contribution in [2.24, 2.45) is 5.73 Å². The SMILES string of the molecule is CCC(N)c1nc2n(c(=O)c1Cc1ccccc1)CCS2. The Morgan fingerprint density at radius 3 is 2.86 bits per heavy atom. The van der Waals surface area contributed by atoms with Crippen molar-refractivity contribution in [1.82, 2.24) is 9.55 Å². The van der Waals surface area contributed by atoms with Crippen molar-refractivity contribution in [3.8, 4) is 0 Å². The molecule has 21 heavy (non-hydrogen) atoms. The zero-order chi connectivity index (χ0) is 14.8. The Balaban J connectivity index is 2.11. The van der Waals surface area contributed by atoms with E-state index in [1.54, 1.807) is 16.3 Å². The maximum Gasteiger partial charge on any atom is 0.258 e. The van der Waals surface area contributed by atoms with Crippen molar-refractivity contribution in [2.45, 2.75) is 37.5 Å². The first-order valence-electron chi connectivity index (χ1n) is 7.26. The number of hydrogen-bond donors (Lipinski definition) is 1. The second kappa shape index (κ2) is 6.03. The second-order valence-electron chi connectivity index (χ2n) is 5.24. The fraction of sp³-hybridized carbons (Fsp3) is 0.375. The molecule has 0 saturated carbocycles. The molecule has 0 radical (unpaired) electrons. The molecule has 1 unspecified atom stereocenters. The molecule has 0 fully saturated rings. The van der Waals surface area contributed by atoms with E-state index >= 15 is 0 Å². The average Bonchev–Trinajstić information content (AvgIpc) is 2.99. The van der Waals surface area contributed by atoms with Crippen LogP contribution in [0, 0.1) is 0 Å². The van der Waals surface area contributed by atoms with Crippen LogP contribution in [-0.2, 0) is 13.0 Å². The van der Waals surface area contributed by atoms with E-state index in [1.165, 1.54) is 0 Å². The van der Waals surface area contributed by atoms with Crippen LogP contribution in [0.2, 0.25) is 0 Å². The van der Waals surface area contributed by atoms with Crippen LogP contribution in [0.25, 0.3) is 0 Å². The minimum absolute atomic E-state index is 0.0766. The molecule has 0 saturated heterocycles. The molecule has 0 spiro atoms. The number of aromatic nitrogens is 2. The van der Waals surface area contributed by atoms with Gasteiger partial charge in [0.1, 0.15) is 0 Å². The molecule has 1 atom stereocenters. The fourth-order valence-electron chi connectivity index (χ4n) is 2.59. The smallest absolute Gasteiger partial charge is 0.258 e. The summed E-state index contributed by atoms with van der Waals surface area (Å²) in [5, 5.41) is 0.815. The predicted molar refractivity (Wildman–Crippen MR) is 85.7 cm³/mol. The Bertz CT molecular complexity index is 697. The number of thioether (sulfide) groups is 1. The van der Waals surface area contributed by atoms with Crippen molar-refractivity contribution in [3.63, 3.8) is 0 Å². The van der Waals surface area contributed by atoms with Crippen molar-refractivity contribution in [2.75, 3.05) is 5.75 Å². The van der Waals surface area contributed by atoms with Gasteiger partial charge in [0.2, 0.25) is 0 Å². The Hall–Kier alpha value is -1.59. The lowest BCUT2D eigenvalue weighted by atomic mass is 10.00. The molecule has 2 heterocycles. The van der Waals surface area contributed by atoms with Gasteiger partial charge in [-0.1, -0.05) is 49.0 Å². The molecule has 1 aliphatic rings. The molecular weight excluding hydrogens is 282 g/mol. The molecule has 1 aromatic carbocycles. The van der Waals surface area contributed by atoms with Crippen LogP contribution < -0.4 is 11.3 Å². The van der Waals surface area contributed by atoms with E-state index in [0.717, 1.165) is 40.7 Å². The van der Waals surface area contributed by atoms with Gasteiger partial charge in [0.15, 0.2) is 5.16 Å². The van der Waals surface area contributed by atoms with Crippen molar-refractivity contribution < 1.29 is 0 Å². The predicted octanol–water partition coefficient (Wildman–Crippen LogP) is 2.35. The number of fused-ring (bicyclic) bond motifs is 1. The number of nitrogens with zero attached hydrogens (tertiary/aromatic N) is 2. The van der Waals surface area contributed by atoms with E-state index in [9.17, 15) is 4.79 Å². The molecule has 1 aromatic heterocycles. The zero-order valence-corrected chi connectivity index (χ0v) is 12.9. The first-order chi connectivity index (χ1) is 10.2. The molecule has 0 aliphatic carbocycles. The van der Waals surface area contributed by atoms with Gasteiger partial charge in [-0.15, -0.1) is 0 Å². The summed E-state index contributed by atoms with van der Waals surface area (Å²) in [5.74, 6) is 0.915. The van der Waals surface area contributed by atoms with Crippen LogP contribution in [0.5, 0.6) is 0 Å². The third kappa shape index (κ3) is 2.76. The van der Waals surface area contributed by atoms with Gasteiger partial charge in [0.05, 0.1) is 5.69 Å². The number of rotatable bonds is 4. The first kappa shape index (κ1) is 14.4. The molecule has 5 heteroatoms. The Kier molecular flexibility index (Phi) is 4.12. The second-order valence-corrected chi connectivity index (χ2v) is 6.30. The lowest BCUT2D eigenvalue weighted by Gasteiger charge is -2.16. The van der Waals surface area contributed by atoms with E-state index in [1.807, 2.05) is 37.3 Å². The average molecular weight is 301 g/mol. The van der Waals surface area contributed by atoms with Crippen LogP contribution in [0.3, 0.4) is 0 Å². The lowest BCUT2D eigenvalue weighted by Crippen LogP contribution is -2.29. The topological polar surface area (TPSA) is 60.9 Å². The summed E-state index contributed by atoms with van der Waals surface area (Å²) in [4.78, 5) is 17.4. The summed E-state index contributed by atoms with van der Waals surface area (Å²) >= 11 is 1.64. The fourth-order valence-corrected chi connectivity index (χ4v) is 3.54. The monoisotopic (exact) mass is 301 g/mol. The highest BCUT2D eigenvalue weighted by molar-refractivity contribution is 7.99. The van der Waals surface area contributed by atoms with E-state index in [-0.39, 0.29) is 11.6 Å². The summed E-state index contributed by atoms with van der Waals surface area (Å²) in [6.07, 6.45) is 1.38. The molecule has 2 aromatic rings. The number of benzene rings is 1. The summed E-state index contributed by atoms with van der Waals surface area (Å²) in [6.45, 7) is 2.77. The Labute approximate surface area is 128 Å². The van der Waals surface area contributed by atoms with Crippen LogP contribution in [0.1, 0.15) is 36.2 Å². The van der Waals surface area contributed by atoms with E-state index in [0.29, 0.717) is 6.42 Å². The van der Waals surface area contributed by atoms with Gasteiger partial charge in [-0.3, -0.25) is 9.36 Å². The van der Waals surface area contributed by atoms with Gasteiger partial charge in [-0.25, -0.2) is 4.98 Å². The zero-order valence-electron chi connectivity index (χ0n) is 12.1. The molecule has 110 valence electrons. The normalized spacial score (nSPS) is 15.0. The summed E-state index contributed by atoms with van der Waals surface area (Å²) in [7, 11) is 0. The third-order valence-electron chi connectivity index (χ3n) is 3.82. The number of hydrogen-bond acceptors (Lipinski definition) is 4. The van der Waals surface area contributed by atoms with E-state index in [2.05, 4.69) is 4.98 Å². The highest BCUT2D eigenvalue weighted by Crippen LogP contribution is 2.25. The third-order valence-corrected chi connectivity index (χ3v) is 4.78. The Morgan fingerprint density at radius 1 is 1.38 bits per heavy atom. The lowest BCUT2D eigenvalue weighted by molar-refractivity contribution is 0.591. The molecule has 0 bridgehead atoms. The first-order valence-corrected chi connectivity index (χ1v) is 8.25. The summed E-state index contributed by atoms with van der Waals surface area (Å²) < 4.78 is 1.79.